The molecular weight excluding hydrogens is 286 g/mol. The molecule has 108 valence electrons. The van der Waals surface area contributed by atoms with Crippen LogP contribution < -0.4 is 5.73 Å². The molecule has 19 heavy (non-hydrogen) atoms. The smallest absolute Gasteiger partial charge is 0.399 e. The number of ether oxygens (including phenoxy) is 1. The summed E-state index contributed by atoms with van der Waals surface area (Å²) < 4.78 is 64.7. The minimum Gasteiger partial charge on any atom is -0.399 e. The lowest BCUT2D eigenvalue weighted by Gasteiger charge is -2.07. The van der Waals surface area contributed by atoms with Gasteiger partial charge in [0.1, 0.15) is 12.4 Å². The van der Waals surface area contributed by atoms with Crippen LogP contribution in [0.4, 0.5) is 23.2 Å². The summed E-state index contributed by atoms with van der Waals surface area (Å²) in [6.07, 6.45) is -4.23. The van der Waals surface area contributed by atoms with E-state index in [1.54, 1.807) is 0 Å². The maximum atomic E-state index is 13.4. The highest BCUT2D eigenvalue weighted by atomic mass is 32.2. The van der Waals surface area contributed by atoms with Crippen molar-refractivity contribution in [2.75, 3.05) is 24.7 Å². The monoisotopic (exact) mass is 299 g/mol. The van der Waals surface area contributed by atoms with E-state index in [2.05, 4.69) is 4.74 Å². The number of hydrogen-bond acceptors (Lipinski definition) is 3. The first-order valence-corrected chi connectivity index (χ1v) is 6.69. The largest absolute Gasteiger partial charge is 0.411 e. The fourth-order valence-corrected chi connectivity index (χ4v) is 2.39. The van der Waals surface area contributed by atoms with Crippen molar-refractivity contribution in [2.24, 2.45) is 0 Å². The molecule has 0 saturated heterocycles. The van der Waals surface area contributed by atoms with Crippen molar-refractivity contribution in [1.82, 2.24) is 0 Å². The van der Waals surface area contributed by atoms with E-state index >= 15 is 0 Å². The Hall–Kier alpha value is -1.15. The van der Waals surface area contributed by atoms with Crippen LogP contribution in [-0.2, 0) is 15.5 Å². The predicted octanol–water partition coefficient (Wildman–Crippen LogP) is 2.48. The van der Waals surface area contributed by atoms with Crippen molar-refractivity contribution in [1.29, 1.82) is 0 Å². The topological polar surface area (TPSA) is 52.3 Å². The van der Waals surface area contributed by atoms with Crippen LogP contribution in [0.2, 0.25) is 0 Å². The molecule has 2 N–H and O–H groups in total. The molecule has 0 spiro atoms. The minimum atomic E-state index is -4.37. The maximum Gasteiger partial charge on any atom is 0.411 e. The summed E-state index contributed by atoms with van der Waals surface area (Å²) in [7, 11) is -1.62. The van der Waals surface area contributed by atoms with E-state index in [0.29, 0.717) is 0 Å². The zero-order chi connectivity index (χ0) is 14.5. The summed E-state index contributed by atoms with van der Waals surface area (Å²) in [4.78, 5) is -0.00924. The predicted molar refractivity (Wildman–Crippen MR) is 63.6 cm³/mol. The summed E-state index contributed by atoms with van der Waals surface area (Å²) in [6, 6.07) is 3.77. The van der Waals surface area contributed by atoms with Gasteiger partial charge in [0.2, 0.25) is 0 Å². The summed E-state index contributed by atoms with van der Waals surface area (Å²) in [6.45, 7) is -1.52. The molecule has 0 heterocycles. The lowest BCUT2D eigenvalue weighted by molar-refractivity contribution is -0.173. The van der Waals surface area contributed by atoms with Gasteiger partial charge in [0.25, 0.3) is 0 Å². The highest BCUT2D eigenvalue weighted by Crippen LogP contribution is 2.17. The zero-order valence-electron chi connectivity index (χ0n) is 9.87. The first-order chi connectivity index (χ1) is 8.79. The maximum absolute atomic E-state index is 13.4. The van der Waals surface area contributed by atoms with Crippen molar-refractivity contribution in [3.63, 3.8) is 0 Å². The van der Waals surface area contributed by atoms with E-state index in [4.69, 9.17) is 5.73 Å². The third-order valence-corrected chi connectivity index (χ3v) is 3.57. The molecule has 1 aromatic carbocycles. The number of nitrogens with two attached hydrogens (primary N) is 1. The van der Waals surface area contributed by atoms with E-state index in [0.717, 1.165) is 6.07 Å². The van der Waals surface area contributed by atoms with Crippen molar-refractivity contribution >= 4 is 16.5 Å². The molecule has 8 heteroatoms. The molecule has 3 nitrogen and oxygen atoms in total. The first-order valence-electron chi connectivity index (χ1n) is 5.37. The second kappa shape index (κ2) is 6.85. The van der Waals surface area contributed by atoms with E-state index in [1.807, 2.05) is 0 Å². The molecule has 1 atom stereocenters. The molecule has 0 saturated carbocycles. The fourth-order valence-electron chi connectivity index (χ4n) is 1.29. The van der Waals surface area contributed by atoms with Crippen LogP contribution in [0.25, 0.3) is 0 Å². The summed E-state index contributed by atoms with van der Waals surface area (Å²) in [5.41, 5.74) is 5.56. The Labute approximate surface area is 110 Å². The van der Waals surface area contributed by atoms with Gasteiger partial charge in [-0.2, -0.15) is 13.2 Å². The zero-order valence-corrected chi connectivity index (χ0v) is 10.7. The van der Waals surface area contributed by atoms with Gasteiger partial charge in [-0.1, -0.05) is 0 Å². The first kappa shape index (κ1) is 15.9. The third-order valence-electron chi connectivity index (χ3n) is 2.09. The molecule has 0 fully saturated rings. The highest BCUT2D eigenvalue weighted by Gasteiger charge is 2.27. The molecule has 0 radical (unpaired) electrons. The Bertz CT molecular complexity index is 451. The van der Waals surface area contributed by atoms with E-state index in [-0.39, 0.29) is 29.4 Å². The number of halogens is 4. The summed E-state index contributed by atoms with van der Waals surface area (Å²) >= 11 is 0. The molecule has 1 rings (SSSR count). The quantitative estimate of drug-likeness (QED) is 0.499. The molecule has 1 aromatic rings. The molecule has 0 aliphatic carbocycles. The molecule has 0 aliphatic rings. The molecule has 0 aromatic heterocycles. The van der Waals surface area contributed by atoms with Crippen molar-refractivity contribution < 1.29 is 26.5 Å². The fraction of sp³-hybridized carbons (Fsp3) is 0.455. The average molecular weight is 299 g/mol. The van der Waals surface area contributed by atoms with Crippen molar-refractivity contribution in [3.05, 3.63) is 24.0 Å². The Balaban J connectivity index is 2.36. The molecular formula is C11H13F4NO2S. The lowest BCUT2D eigenvalue weighted by Crippen LogP contribution is -2.18. The number of nitrogen functional groups attached to an aromatic ring is 1. The van der Waals surface area contributed by atoms with Gasteiger partial charge in [0, 0.05) is 18.0 Å². The Morgan fingerprint density at radius 2 is 2.00 bits per heavy atom. The van der Waals surface area contributed by atoms with Gasteiger partial charge in [-0.3, -0.25) is 4.21 Å². The van der Waals surface area contributed by atoms with Gasteiger partial charge in [0.15, 0.2) is 0 Å². The number of hydrogen-bond donors (Lipinski definition) is 1. The van der Waals surface area contributed by atoms with Crippen molar-refractivity contribution in [3.8, 4) is 0 Å². The van der Waals surface area contributed by atoms with Crippen molar-refractivity contribution in [2.45, 2.75) is 17.5 Å². The van der Waals surface area contributed by atoms with E-state index < -0.39 is 29.4 Å². The van der Waals surface area contributed by atoms with Crippen LogP contribution in [-0.4, -0.2) is 29.4 Å². The lowest BCUT2D eigenvalue weighted by atomic mass is 10.3. The second-order valence-corrected chi connectivity index (χ2v) is 5.30. The SMILES string of the molecule is Nc1ccc(S(=O)CCCOCC(F)(F)F)c(F)c1. The van der Waals surface area contributed by atoms with Crippen LogP contribution >= 0.6 is 0 Å². The van der Waals surface area contributed by atoms with Crippen LogP contribution in [0, 0.1) is 5.82 Å². The van der Waals surface area contributed by atoms with E-state index in [9.17, 15) is 21.8 Å². The van der Waals surface area contributed by atoms with E-state index in [1.165, 1.54) is 12.1 Å². The average Bonchev–Trinajstić information content (AvgIpc) is 2.26. The third kappa shape index (κ3) is 6.02. The van der Waals surface area contributed by atoms with Crippen LogP contribution in [0.5, 0.6) is 0 Å². The Morgan fingerprint density at radius 1 is 1.32 bits per heavy atom. The minimum absolute atomic E-state index is 0.00924. The standard InChI is InChI=1S/C11H13F4NO2S/c12-9-6-8(16)2-3-10(9)19(17)5-1-4-18-7-11(13,14)15/h2-3,6H,1,4-5,7,16H2. The summed E-state index contributed by atoms with van der Waals surface area (Å²) in [5, 5.41) is 0. The van der Waals surface area contributed by atoms with Gasteiger partial charge in [-0.25, -0.2) is 4.39 Å². The van der Waals surface area contributed by atoms with Crippen LogP contribution in [0.15, 0.2) is 23.1 Å². The van der Waals surface area contributed by atoms with Crippen LogP contribution in [0.1, 0.15) is 6.42 Å². The number of benzene rings is 1. The Morgan fingerprint density at radius 3 is 2.58 bits per heavy atom. The Kier molecular flexibility index (Phi) is 5.74. The number of anilines is 1. The second-order valence-electron chi connectivity index (χ2n) is 3.76. The number of rotatable bonds is 6. The normalized spacial score (nSPS) is 13.5. The molecule has 0 bridgehead atoms. The summed E-state index contributed by atoms with van der Waals surface area (Å²) in [5.74, 6) is -0.659. The molecule has 0 amide bonds. The van der Waals surface area contributed by atoms with Gasteiger partial charge >= 0.3 is 6.18 Å². The molecule has 0 aliphatic heterocycles. The van der Waals surface area contributed by atoms with Gasteiger partial charge in [-0.15, -0.1) is 0 Å². The van der Waals surface area contributed by atoms with Gasteiger partial charge in [0.05, 0.1) is 15.7 Å². The van der Waals surface area contributed by atoms with Gasteiger partial charge in [-0.05, 0) is 24.6 Å². The number of alkyl halides is 3. The van der Waals surface area contributed by atoms with Gasteiger partial charge < -0.3 is 10.5 Å². The molecule has 1 unspecified atom stereocenters. The highest BCUT2D eigenvalue weighted by molar-refractivity contribution is 7.85. The van der Waals surface area contributed by atoms with Crippen LogP contribution in [0.3, 0.4) is 0 Å².